The molecule has 0 bridgehead atoms. The zero-order valence-corrected chi connectivity index (χ0v) is 13.2. The Morgan fingerprint density at radius 1 is 1.32 bits per heavy atom. The molecule has 0 radical (unpaired) electrons. The number of halogens is 2. The number of fused-ring (bicyclic) bond motifs is 1. The number of benzene rings is 2. The fourth-order valence-electron chi connectivity index (χ4n) is 2.07. The van der Waals surface area contributed by atoms with E-state index < -0.39 is 0 Å². The van der Waals surface area contributed by atoms with Crippen LogP contribution in [0.2, 0.25) is 0 Å². The Hall–Kier alpha value is -2.21. The Balaban J connectivity index is 1.98. The quantitative estimate of drug-likeness (QED) is 0.657. The molecule has 0 fully saturated rings. The fraction of sp³-hybridized carbons (Fsp3) is 0.125. The van der Waals surface area contributed by atoms with Crippen molar-refractivity contribution in [3.63, 3.8) is 0 Å². The lowest BCUT2D eigenvalue weighted by atomic mass is 10.1. The van der Waals surface area contributed by atoms with Crippen molar-refractivity contribution in [2.75, 3.05) is 7.11 Å². The first kappa shape index (κ1) is 14.7. The number of aromatic nitrogens is 1. The van der Waals surface area contributed by atoms with Crippen LogP contribution in [-0.2, 0) is 16.0 Å². The minimum atomic E-state index is -0.383. The molecule has 6 heteroatoms. The van der Waals surface area contributed by atoms with Crippen LogP contribution in [0.5, 0.6) is 0 Å². The summed E-state index contributed by atoms with van der Waals surface area (Å²) in [6, 6.07) is 9.93. The van der Waals surface area contributed by atoms with Crippen LogP contribution in [-0.4, -0.2) is 18.1 Å². The first-order chi connectivity index (χ1) is 10.6. The summed E-state index contributed by atoms with van der Waals surface area (Å²) in [5.74, 6) is -0.374. The van der Waals surface area contributed by atoms with Gasteiger partial charge in [-0.3, -0.25) is 4.79 Å². The van der Waals surface area contributed by atoms with Crippen LogP contribution >= 0.6 is 15.9 Å². The van der Waals surface area contributed by atoms with Gasteiger partial charge in [0, 0.05) is 5.56 Å². The van der Waals surface area contributed by atoms with Gasteiger partial charge in [0.05, 0.1) is 18.0 Å². The molecule has 1 aromatic heterocycles. The molecule has 22 heavy (non-hydrogen) atoms. The second-order valence-electron chi connectivity index (χ2n) is 4.70. The molecule has 0 aliphatic heterocycles. The zero-order chi connectivity index (χ0) is 15.7. The molecule has 0 atom stereocenters. The topological polar surface area (TPSA) is 52.3 Å². The smallest absolute Gasteiger partial charge is 0.309 e. The zero-order valence-electron chi connectivity index (χ0n) is 11.6. The van der Waals surface area contributed by atoms with Gasteiger partial charge in [0.15, 0.2) is 5.58 Å². The molecule has 0 saturated carbocycles. The van der Waals surface area contributed by atoms with Crippen molar-refractivity contribution in [2.45, 2.75) is 6.42 Å². The highest BCUT2D eigenvalue weighted by molar-refractivity contribution is 9.10. The van der Waals surface area contributed by atoms with Crippen molar-refractivity contribution in [3.8, 4) is 11.5 Å². The third-order valence-electron chi connectivity index (χ3n) is 3.19. The van der Waals surface area contributed by atoms with Gasteiger partial charge >= 0.3 is 5.97 Å². The Labute approximate surface area is 134 Å². The van der Waals surface area contributed by atoms with E-state index in [1.807, 2.05) is 0 Å². The molecule has 0 amide bonds. The molecule has 1 heterocycles. The second kappa shape index (κ2) is 5.88. The van der Waals surface area contributed by atoms with E-state index in [-0.39, 0.29) is 18.2 Å². The summed E-state index contributed by atoms with van der Waals surface area (Å²) in [7, 11) is 1.34. The highest BCUT2D eigenvalue weighted by Gasteiger charge is 2.12. The van der Waals surface area contributed by atoms with E-state index in [0.29, 0.717) is 27.0 Å². The lowest BCUT2D eigenvalue weighted by Gasteiger charge is -1.98. The Kier molecular flexibility index (Phi) is 3.94. The minimum Gasteiger partial charge on any atom is -0.469 e. The number of esters is 1. The molecule has 0 aliphatic carbocycles. The number of carbonyl (C=O) groups is 1. The van der Waals surface area contributed by atoms with Crippen molar-refractivity contribution in [1.29, 1.82) is 0 Å². The van der Waals surface area contributed by atoms with E-state index >= 15 is 0 Å². The van der Waals surface area contributed by atoms with Gasteiger partial charge in [-0.1, -0.05) is 6.07 Å². The minimum absolute atomic E-state index is 0.168. The SMILES string of the molecule is COC(=O)Cc1ccc2oc(-c3ccc(Br)c(F)c3)nc2c1. The van der Waals surface area contributed by atoms with Crippen molar-refractivity contribution in [1.82, 2.24) is 4.98 Å². The number of hydrogen-bond donors (Lipinski definition) is 0. The standard InChI is InChI=1S/C16H11BrFNO3/c1-21-15(20)7-9-2-5-14-13(6-9)19-16(22-14)10-3-4-11(17)12(18)8-10/h2-6,8H,7H2,1H3. The van der Waals surface area contributed by atoms with Gasteiger partial charge in [0.2, 0.25) is 5.89 Å². The van der Waals surface area contributed by atoms with E-state index in [4.69, 9.17) is 4.42 Å². The molecule has 0 N–H and O–H groups in total. The monoisotopic (exact) mass is 363 g/mol. The van der Waals surface area contributed by atoms with Crippen LogP contribution in [0.3, 0.4) is 0 Å². The highest BCUT2D eigenvalue weighted by Crippen LogP contribution is 2.27. The van der Waals surface area contributed by atoms with E-state index in [9.17, 15) is 9.18 Å². The van der Waals surface area contributed by atoms with Crippen LogP contribution in [0.25, 0.3) is 22.6 Å². The predicted molar refractivity (Wildman–Crippen MR) is 82.8 cm³/mol. The number of rotatable bonds is 3. The average Bonchev–Trinajstić information content (AvgIpc) is 2.93. The van der Waals surface area contributed by atoms with Gasteiger partial charge in [-0.15, -0.1) is 0 Å². The number of methoxy groups -OCH3 is 1. The average molecular weight is 364 g/mol. The number of ether oxygens (including phenoxy) is 1. The van der Waals surface area contributed by atoms with Gasteiger partial charge in [-0.05, 0) is 51.8 Å². The van der Waals surface area contributed by atoms with Crippen molar-refractivity contribution < 1.29 is 18.3 Å². The summed E-state index contributed by atoms with van der Waals surface area (Å²) in [6.07, 6.45) is 0.168. The highest BCUT2D eigenvalue weighted by atomic mass is 79.9. The molecule has 112 valence electrons. The van der Waals surface area contributed by atoms with E-state index in [1.165, 1.54) is 13.2 Å². The Morgan fingerprint density at radius 3 is 2.86 bits per heavy atom. The lowest BCUT2D eigenvalue weighted by molar-refractivity contribution is -0.139. The van der Waals surface area contributed by atoms with E-state index in [2.05, 4.69) is 25.7 Å². The first-order valence-electron chi connectivity index (χ1n) is 6.48. The van der Waals surface area contributed by atoms with Gasteiger partial charge in [0.1, 0.15) is 11.3 Å². The molecular formula is C16H11BrFNO3. The second-order valence-corrected chi connectivity index (χ2v) is 5.56. The lowest BCUT2D eigenvalue weighted by Crippen LogP contribution is -2.04. The van der Waals surface area contributed by atoms with E-state index in [0.717, 1.165) is 5.56 Å². The van der Waals surface area contributed by atoms with Crippen LogP contribution in [0.1, 0.15) is 5.56 Å². The summed E-state index contributed by atoms with van der Waals surface area (Å²) in [6.45, 7) is 0. The molecule has 3 rings (SSSR count). The third kappa shape index (κ3) is 2.87. The van der Waals surface area contributed by atoms with Crippen LogP contribution in [0, 0.1) is 5.82 Å². The number of hydrogen-bond acceptors (Lipinski definition) is 4. The summed E-state index contributed by atoms with van der Waals surface area (Å²) >= 11 is 3.11. The van der Waals surface area contributed by atoms with Crippen LogP contribution in [0.4, 0.5) is 4.39 Å². The Morgan fingerprint density at radius 2 is 2.14 bits per heavy atom. The fourth-order valence-corrected chi connectivity index (χ4v) is 2.32. The number of carbonyl (C=O) groups excluding carboxylic acids is 1. The predicted octanol–water partition coefficient (Wildman–Crippen LogP) is 4.11. The molecule has 0 spiro atoms. The largest absolute Gasteiger partial charge is 0.469 e. The van der Waals surface area contributed by atoms with Crippen molar-refractivity contribution in [2.24, 2.45) is 0 Å². The summed E-state index contributed by atoms with van der Waals surface area (Å²) < 4.78 is 24.2. The first-order valence-corrected chi connectivity index (χ1v) is 7.28. The molecule has 3 aromatic rings. The van der Waals surface area contributed by atoms with Crippen LogP contribution in [0.15, 0.2) is 45.3 Å². The van der Waals surface area contributed by atoms with Gasteiger partial charge < -0.3 is 9.15 Å². The van der Waals surface area contributed by atoms with Gasteiger partial charge in [-0.2, -0.15) is 0 Å². The summed E-state index contributed by atoms with van der Waals surface area (Å²) in [4.78, 5) is 15.6. The normalized spacial score (nSPS) is 10.9. The maximum Gasteiger partial charge on any atom is 0.309 e. The third-order valence-corrected chi connectivity index (χ3v) is 3.84. The maximum absolute atomic E-state index is 13.6. The van der Waals surface area contributed by atoms with Crippen molar-refractivity contribution >= 4 is 33.0 Å². The van der Waals surface area contributed by atoms with E-state index in [1.54, 1.807) is 30.3 Å². The molecule has 0 saturated heterocycles. The number of oxazole rings is 1. The molecule has 2 aromatic carbocycles. The summed E-state index contributed by atoms with van der Waals surface area (Å²) in [5.41, 5.74) is 2.51. The van der Waals surface area contributed by atoms with Crippen LogP contribution < -0.4 is 0 Å². The molecule has 4 nitrogen and oxygen atoms in total. The molecule has 0 unspecified atom stereocenters. The maximum atomic E-state index is 13.6. The van der Waals surface area contributed by atoms with Gasteiger partial charge in [-0.25, -0.2) is 9.37 Å². The van der Waals surface area contributed by atoms with Crippen molar-refractivity contribution in [3.05, 3.63) is 52.3 Å². The van der Waals surface area contributed by atoms with Gasteiger partial charge in [0.25, 0.3) is 0 Å². The summed E-state index contributed by atoms with van der Waals surface area (Å²) in [5, 5.41) is 0. The number of nitrogens with zero attached hydrogens (tertiary/aromatic N) is 1. The molecular weight excluding hydrogens is 353 g/mol. The Bertz CT molecular complexity index is 860. The molecule has 0 aliphatic rings.